The molecule has 624 valence electrons. The molecule has 13 aromatic carbocycles. The van der Waals surface area contributed by atoms with Gasteiger partial charge in [0.1, 0.15) is 25.3 Å². The molecule has 128 heavy (non-hydrogen) atoms. The van der Waals surface area contributed by atoms with Crippen molar-refractivity contribution in [2.75, 3.05) is 0 Å². The van der Waals surface area contributed by atoms with Crippen LogP contribution in [0, 0.1) is 23.7 Å². The minimum absolute atomic E-state index is 0.331. The lowest BCUT2D eigenvalue weighted by atomic mass is 10.0. The maximum Gasteiger partial charge on any atom is 0.335 e. The largest absolute Gasteiger partial charge is 0.478 e. The first-order chi connectivity index (χ1) is 63.3. The molecule has 0 radical (unpaired) electrons. The number of benzene rings is 13. The van der Waals surface area contributed by atoms with Gasteiger partial charge in [-0.25, -0.2) is 29.7 Å². The summed E-state index contributed by atoms with van der Waals surface area (Å²) in [7, 11) is 0. The van der Waals surface area contributed by atoms with Crippen molar-refractivity contribution in [3.63, 3.8) is 0 Å². The third kappa shape index (κ3) is 39.2. The van der Waals surface area contributed by atoms with E-state index in [2.05, 4.69) is 306 Å². The molecule has 1 N–H and O–H groups in total. The van der Waals surface area contributed by atoms with E-state index in [-0.39, 0.29) is 0 Å². The first-order valence-electron chi connectivity index (χ1n) is 40.9. The Kier molecular flexibility index (Phi) is 46.1. The second-order valence-corrected chi connectivity index (χ2v) is 26.3. The molecule has 0 atom stereocenters. The molecule has 0 bridgehead atoms. The van der Waals surface area contributed by atoms with Gasteiger partial charge in [-0.15, -0.1) is 0 Å². The highest BCUT2D eigenvalue weighted by Crippen LogP contribution is 2.26. The standard InChI is InChI=1S/3C14H10.C12H8N2.C10H8.C9H8.C8H6N2.C7H6O2.C6H6.C6H8.C5H5N.C4H4N2.C4H6.C3H3N3/c1-3-7-13-11(5-1)9-10-12-6-2-4-8-14(12)13;1-2-6-12-10-14-8-4-3-7-13(14)9-11(12)5-1;1-3-7-13(8-4-1)11-12-14-9-5-2-6-10-14;1-3-11(9-13-7-1)5-6-12-4-2-8-14-10-12;1-2-6-10-8-4-3-7-9(10)5-1;1-2-5-9-7-3-6-8(9)4-1;1-3-7-8(9-5-1)4-2-6-10-7;8-7(9)6-4-2-1-3-5-6;1-2-4-6-5-3-1;1-3-5-6-4-2;1-2-4-6-5-3-1;1-2-5-4-6-3-1;1-3-4-2;1-4-2-6-3-5-1/h3*1-10H;1-4,7-10H;1-8H;1-6H,7H2;1-6H;1-5H,(H,8,9);1-6H;3-6H,1-2H2;1-5H;1-4H;3-4H,1-2H2;1-3H/b;;;;;;;;;6-5+;;;;. The van der Waals surface area contributed by atoms with Crippen LogP contribution in [0.1, 0.15) is 43.7 Å². The minimum atomic E-state index is -0.879. The van der Waals surface area contributed by atoms with Gasteiger partial charge in [0.15, 0.2) is 0 Å². The van der Waals surface area contributed by atoms with E-state index in [4.69, 9.17) is 5.11 Å². The van der Waals surface area contributed by atoms with Crippen LogP contribution in [0.15, 0.2) is 550 Å². The van der Waals surface area contributed by atoms with Gasteiger partial charge in [0.25, 0.3) is 0 Å². The van der Waals surface area contributed by atoms with Crippen LogP contribution >= 0.6 is 0 Å². The summed E-state index contributed by atoms with van der Waals surface area (Å²) in [5.74, 6) is 11.4. The van der Waals surface area contributed by atoms with Crippen LogP contribution in [0.3, 0.4) is 0 Å². The monoisotopic (exact) mass is 1660 g/mol. The van der Waals surface area contributed by atoms with Gasteiger partial charge in [0, 0.05) is 84.2 Å². The number of nitrogens with zero attached hydrogens (tertiary/aromatic N) is 10. The van der Waals surface area contributed by atoms with Crippen LogP contribution in [0.2, 0.25) is 0 Å². The van der Waals surface area contributed by atoms with Gasteiger partial charge in [0.05, 0.1) is 16.6 Å². The molecule has 0 saturated heterocycles. The van der Waals surface area contributed by atoms with Gasteiger partial charge in [-0.1, -0.05) is 378 Å². The van der Waals surface area contributed by atoms with Crippen LogP contribution < -0.4 is 0 Å². The van der Waals surface area contributed by atoms with E-state index in [1.807, 2.05) is 176 Å². The Morgan fingerprint density at radius 1 is 0.273 bits per heavy atom. The number of pyridine rings is 5. The molecule has 0 saturated carbocycles. The Balaban J connectivity index is 0.000000173. The highest BCUT2D eigenvalue weighted by Gasteiger charge is 2.02. The molecule has 0 amide bonds. The van der Waals surface area contributed by atoms with Crippen molar-refractivity contribution in [1.29, 1.82) is 0 Å². The molecule has 1 aliphatic carbocycles. The SMILES string of the molecule is C(#Cc1ccccc1)c1ccccc1.C(#Cc1cccnc1)c1cccnc1.C1=Cc2ccccc2C1.C=C/C=C/C=C.C=CC=C.O=C(O)c1ccccc1.c1ccc2c(c1)ccc1ccccc12.c1ccc2cc3ccccc3cc2c1.c1ccc2ccccc2c1.c1ccccc1.c1ccncc1.c1cnc2cccnc2c1.c1cncnc1.c1ncncn1. The molecule has 0 aliphatic heterocycles. The zero-order valence-electron chi connectivity index (χ0n) is 71.1. The Bertz CT molecular complexity index is 5850. The number of carboxylic acids is 1. The van der Waals surface area contributed by atoms with Crippen LogP contribution in [-0.4, -0.2) is 60.9 Å². The topological polar surface area (TPSA) is 166 Å². The predicted octanol–water partition coefficient (Wildman–Crippen LogP) is 27.4. The molecule has 1 aliphatic rings. The normalized spacial score (nSPS) is 9.53. The van der Waals surface area contributed by atoms with Crippen LogP contribution in [0.4, 0.5) is 0 Å². The zero-order chi connectivity index (χ0) is 89.7. The summed E-state index contributed by atoms with van der Waals surface area (Å²) < 4.78 is 0. The number of hydrogen-bond donors (Lipinski definition) is 1. The number of allylic oxidation sites excluding steroid dienone is 7. The van der Waals surface area contributed by atoms with Crippen molar-refractivity contribution >= 4 is 76.9 Å². The number of aromatic nitrogens is 10. The maximum atomic E-state index is 10.2. The fraction of sp³-hybridized carbons (Fsp3) is 0.00862. The number of hydrogen-bond acceptors (Lipinski definition) is 11. The van der Waals surface area contributed by atoms with E-state index in [1.165, 1.54) is 90.3 Å². The fourth-order valence-electron chi connectivity index (χ4n) is 11.2. The van der Waals surface area contributed by atoms with Gasteiger partial charge >= 0.3 is 5.97 Å². The lowest BCUT2D eigenvalue weighted by Gasteiger charge is -2.02. The van der Waals surface area contributed by atoms with Crippen molar-refractivity contribution in [3.8, 4) is 23.7 Å². The molecule has 12 nitrogen and oxygen atoms in total. The fourth-order valence-corrected chi connectivity index (χ4v) is 11.2. The van der Waals surface area contributed by atoms with E-state index in [0.29, 0.717) is 5.56 Å². The van der Waals surface area contributed by atoms with Crippen molar-refractivity contribution in [1.82, 2.24) is 49.8 Å². The number of carboxylic acid groups (broad SMARTS) is 1. The third-order valence-corrected chi connectivity index (χ3v) is 17.2. The van der Waals surface area contributed by atoms with Crippen molar-refractivity contribution in [2.45, 2.75) is 6.42 Å². The quantitative estimate of drug-likeness (QED) is 0.0768. The Morgan fingerprint density at radius 3 is 0.922 bits per heavy atom. The first kappa shape index (κ1) is 95.8. The smallest absolute Gasteiger partial charge is 0.335 e. The summed E-state index contributed by atoms with van der Waals surface area (Å²) in [6.45, 7) is 13.6. The molecular weight excluding hydrogens is 1570 g/mol. The molecule has 12 heteroatoms. The van der Waals surface area contributed by atoms with Gasteiger partial charge < -0.3 is 5.11 Å². The van der Waals surface area contributed by atoms with E-state index in [1.54, 1.807) is 123 Å². The average Bonchev–Trinajstić information content (AvgIpc) is 0.816. The molecular formula is C116H98N10O2. The van der Waals surface area contributed by atoms with Crippen molar-refractivity contribution in [2.24, 2.45) is 0 Å². The molecule has 0 unspecified atom stereocenters. The summed E-state index contributed by atoms with van der Waals surface area (Å²) in [4.78, 5) is 48.2. The average molecular weight is 1660 g/mol. The molecule has 7 heterocycles. The molecule has 21 rings (SSSR count). The Labute approximate surface area is 751 Å². The summed E-state index contributed by atoms with van der Waals surface area (Å²) in [6, 6.07) is 131. The number of aromatic carboxylic acids is 1. The van der Waals surface area contributed by atoms with Gasteiger partial charge in [-0.05, 0) is 187 Å². The number of fused-ring (bicyclic) bond motifs is 8. The van der Waals surface area contributed by atoms with Crippen molar-refractivity contribution in [3.05, 3.63) is 589 Å². The number of carbonyl (C=O) groups is 1. The maximum absolute atomic E-state index is 10.2. The van der Waals surface area contributed by atoms with Crippen LogP contribution in [0.25, 0.3) is 71.0 Å². The molecule has 7 aromatic heterocycles. The first-order valence-corrected chi connectivity index (χ1v) is 40.9. The van der Waals surface area contributed by atoms with E-state index >= 15 is 0 Å². The zero-order valence-corrected chi connectivity index (χ0v) is 71.1. The van der Waals surface area contributed by atoms with E-state index in [0.717, 1.165) is 39.7 Å². The second kappa shape index (κ2) is 61.6. The number of rotatable bonds is 4. The summed E-state index contributed by atoms with van der Waals surface area (Å²) in [5.41, 5.74) is 9.00. The van der Waals surface area contributed by atoms with E-state index in [9.17, 15) is 4.79 Å². The molecule has 20 aromatic rings. The lowest BCUT2D eigenvalue weighted by Crippen LogP contribution is -1.93. The van der Waals surface area contributed by atoms with Gasteiger partial charge in [-0.2, -0.15) is 0 Å². The second-order valence-electron chi connectivity index (χ2n) is 26.3. The summed E-state index contributed by atoms with van der Waals surface area (Å²) in [5, 5.41) is 21.6. The van der Waals surface area contributed by atoms with Gasteiger partial charge in [0.2, 0.25) is 0 Å². The summed E-state index contributed by atoms with van der Waals surface area (Å²) in [6.07, 6.45) is 39.0. The van der Waals surface area contributed by atoms with Gasteiger partial charge in [-0.3, -0.25) is 24.9 Å². The van der Waals surface area contributed by atoms with Crippen molar-refractivity contribution < 1.29 is 9.90 Å². The molecule has 0 spiro atoms. The Morgan fingerprint density at radius 2 is 0.594 bits per heavy atom. The lowest BCUT2D eigenvalue weighted by molar-refractivity contribution is 0.0696. The summed E-state index contributed by atoms with van der Waals surface area (Å²) >= 11 is 0. The van der Waals surface area contributed by atoms with Crippen LogP contribution in [0.5, 0.6) is 0 Å². The minimum Gasteiger partial charge on any atom is -0.478 e. The Hall–Kier alpha value is -17.7. The highest BCUT2D eigenvalue weighted by molar-refractivity contribution is 6.07. The highest BCUT2D eigenvalue weighted by atomic mass is 16.4. The van der Waals surface area contributed by atoms with E-state index < -0.39 is 5.97 Å². The predicted molar refractivity (Wildman–Crippen MR) is 535 cm³/mol. The third-order valence-electron chi connectivity index (χ3n) is 17.2. The van der Waals surface area contributed by atoms with Crippen LogP contribution in [-0.2, 0) is 6.42 Å². The molecule has 0 fully saturated rings.